The molecule has 0 radical (unpaired) electrons. The minimum absolute atomic E-state index is 0.223. The van der Waals surface area contributed by atoms with Gasteiger partial charge in [-0.1, -0.05) is 0 Å². The molecule has 0 bridgehead atoms. The van der Waals surface area contributed by atoms with Gasteiger partial charge in [0.2, 0.25) is 0 Å². The van der Waals surface area contributed by atoms with Crippen LogP contribution in [0.25, 0.3) is 0 Å². The van der Waals surface area contributed by atoms with E-state index in [9.17, 15) is 13.4 Å². The fraction of sp³-hybridized carbons (Fsp3) is 0.944. The maximum Gasteiger partial charge on any atom is 0.410 e. The lowest BCUT2D eigenvalue weighted by atomic mass is 9.74. The molecule has 1 N–H and O–H groups in total. The highest BCUT2D eigenvalue weighted by Crippen LogP contribution is 2.48. The molecule has 1 saturated carbocycles. The number of rotatable bonds is 2. The van der Waals surface area contributed by atoms with Crippen molar-refractivity contribution in [2.45, 2.75) is 89.8 Å². The van der Waals surface area contributed by atoms with Gasteiger partial charge in [0.1, 0.15) is 11.8 Å². The van der Waals surface area contributed by atoms with Crippen LogP contribution in [0.1, 0.15) is 67.2 Å². The molecule has 3 atom stereocenters. The Labute approximate surface area is 153 Å². The van der Waals surface area contributed by atoms with E-state index in [0.29, 0.717) is 32.4 Å². The summed E-state index contributed by atoms with van der Waals surface area (Å²) in [5, 5.41) is 0. The molecule has 5 nitrogen and oxygen atoms in total. The smallest absolute Gasteiger partial charge is 0.410 e. The minimum Gasteiger partial charge on any atom is -0.444 e. The van der Waals surface area contributed by atoms with Crippen LogP contribution in [0.15, 0.2) is 0 Å². The standard InChI is InChI=1S/C18H33FN2O3S/c1-16(2,3)24-15(22)21-11-9-18(10-12-21)8-7-13(19)14(18)20-25(23)17(4,5)6/h13-14,20H,7-12H2,1-6H3/t13?,14-,25+/m1/s1. The summed E-state index contributed by atoms with van der Waals surface area (Å²) in [5.41, 5.74) is -0.740. The molecule has 2 rings (SSSR count). The molecule has 25 heavy (non-hydrogen) atoms. The van der Waals surface area contributed by atoms with Crippen LogP contribution < -0.4 is 4.72 Å². The van der Waals surface area contributed by atoms with Gasteiger partial charge < -0.3 is 9.64 Å². The largest absolute Gasteiger partial charge is 0.444 e. The quantitative estimate of drug-likeness (QED) is 0.802. The summed E-state index contributed by atoms with van der Waals surface area (Å²) < 4.78 is 35.1. The van der Waals surface area contributed by atoms with Crippen molar-refractivity contribution in [2.75, 3.05) is 13.1 Å². The van der Waals surface area contributed by atoms with E-state index in [1.54, 1.807) is 4.90 Å². The van der Waals surface area contributed by atoms with Crippen molar-refractivity contribution >= 4 is 17.1 Å². The molecule has 0 aromatic rings. The minimum atomic E-state index is -1.30. The second-order valence-electron chi connectivity index (χ2n) is 9.36. The summed E-state index contributed by atoms with van der Waals surface area (Å²) in [4.78, 5) is 13.9. The summed E-state index contributed by atoms with van der Waals surface area (Å²) in [6.45, 7) is 12.3. The Balaban J connectivity index is 2.02. The molecule has 1 aliphatic heterocycles. The number of piperidine rings is 1. The van der Waals surface area contributed by atoms with E-state index >= 15 is 0 Å². The number of nitrogens with zero attached hydrogens (tertiary/aromatic N) is 1. The zero-order valence-corrected chi connectivity index (χ0v) is 17.2. The number of halogens is 1. The molecule has 2 aliphatic rings. The molecule has 0 aromatic heterocycles. The SMILES string of the molecule is CC(C)(C)OC(=O)N1CCC2(CCC(F)[C@H]2N[S@@](=O)C(C)(C)C)CC1. The number of alkyl halides is 1. The van der Waals surface area contributed by atoms with Crippen LogP contribution in [0.2, 0.25) is 0 Å². The van der Waals surface area contributed by atoms with Crippen LogP contribution in [0.3, 0.4) is 0 Å². The Kier molecular flexibility index (Phi) is 5.89. The first kappa shape index (κ1) is 20.6. The van der Waals surface area contributed by atoms with E-state index in [0.717, 1.165) is 6.42 Å². The van der Waals surface area contributed by atoms with Crippen LogP contribution >= 0.6 is 0 Å². The number of hydrogen-bond acceptors (Lipinski definition) is 3. The first-order chi connectivity index (χ1) is 11.3. The highest BCUT2D eigenvalue weighted by atomic mass is 32.2. The summed E-state index contributed by atoms with van der Waals surface area (Å²) in [5.74, 6) is 0. The number of carbonyl (C=O) groups excluding carboxylic acids is 1. The Morgan fingerprint density at radius 1 is 1.16 bits per heavy atom. The van der Waals surface area contributed by atoms with Crippen molar-refractivity contribution in [3.8, 4) is 0 Å². The average Bonchev–Trinajstić information content (AvgIpc) is 2.75. The lowest BCUT2D eigenvalue weighted by Crippen LogP contribution is -2.54. The fourth-order valence-electron chi connectivity index (χ4n) is 3.64. The Morgan fingerprint density at radius 2 is 1.72 bits per heavy atom. The fourth-order valence-corrected chi connectivity index (χ4v) is 4.63. The predicted octanol–water partition coefficient (Wildman–Crippen LogP) is 3.56. The molecule has 2 fully saturated rings. The second kappa shape index (κ2) is 7.14. The van der Waals surface area contributed by atoms with Crippen molar-refractivity contribution in [1.29, 1.82) is 0 Å². The Bertz CT molecular complexity index is 519. The zero-order valence-electron chi connectivity index (χ0n) is 16.4. The number of likely N-dealkylation sites (tertiary alicyclic amines) is 1. The Hall–Kier alpha value is -0.690. The van der Waals surface area contributed by atoms with Gasteiger partial charge in [0, 0.05) is 13.1 Å². The monoisotopic (exact) mass is 376 g/mol. The number of ether oxygens (including phenoxy) is 1. The van der Waals surface area contributed by atoms with E-state index in [1.807, 2.05) is 41.5 Å². The molecule has 7 heteroatoms. The second-order valence-corrected chi connectivity index (χ2v) is 11.4. The van der Waals surface area contributed by atoms with Crippen molar-refractivity contribution < 1.29 is 18.1 Å². The topological polar surface area (TPSA) is 58.6 Å². The van der Waals surface area contributed by atoms with Crippen LogP contribution in [0.4, 0.5) is 9.18 Å². The van der Waals surface area contributed by atoms with Gasteiger partial charge in [0.05, 0.1) is 21.8 Å². The maximum atomic E-state index is 14.5. The number of nitrogens with one attached hydrogen (secondary N) is 1. The van der Waals surface area contributed by atoms with Gasteiger partial charge in [-0.3, -0.25) is 0 Å². The lowest BCUT2D eigenvalue weighted by Gasteiger charge is -2.43. The summed E-state index contributed by atoms with van der Waals surface area (Å²) >= 11 is 0. The Morgan fingerprint density at radius 3 is 2.20 bits per heavy atom. The van der Waals surface area contributed by atoms with Crippen LogP contribution in [-0.2, 0) is 15.7 Å². The van der Waals surface area contributed by atoms with Gasteiger partial charge >= 0.3 is 6.09 Å². The zero-order chi connectivity index (χ0) is 19.0. The van der Waals surface area contributed by atoms with E-state index < -0.39 is 33.5 Å². The van der Waals surface area contributed by atoms with Gasteiger partial charge in [-0.2, -0.15) is 0 Å². The van der Waals surface area contributed by atoms with E-state index in [2.05, 4.69) is 4.72 Å². The summed E-state index contributed by atoms with van der Waals surface area (Å²) in [6, 6.07) is -0.409. The van der Waals surface area contributed by atoms with Crippen molar-refractivity contribution in [3.05, 3.63) is 0 Å². The molecule has 1 aliphatic carbocycles. The van der Waals surface area contributed by atoms with Crippen LogP contribution in [0.5, 0.6) is 0 Å². The molecular formula is C18H33FN2O3S. The molecule has 1 heterocycles. The number of amides is 1. The summed E-state index contributed by atoms with van der Waals surface area (Å²) in [6.07, 6.45) is 1.40. The molecule has 1 saturated heterocycles. The molecule has 1 amide bonds. The first-order valence-corrected chi connectivity index (χ1v) is 10.3. The van der Waals surface area contributed by atoms with E-state index in [-0.39, 0.29) is 11.5 Å². The summed E-state index contributed by atoms with van der Waals surface area (Å²) in [7, 11) is -1.30. The van der Waals surface area contributed by atoms with Crippen LogP contribution in [-0.4, -0.2) is 50.9 Å². The van der Waals surface area contributed by atoms with Gasteiger partial charge in [-0.05, 0) is 72.6 Å². The van der Waals surface area contributed by atoms with Crippen LogP contribution in [0, 0.1) is 5.41 Å². The molecule has 146 valence electrons. The number of carbonyl (C=O) groups is 1. The normalized spacial score (nSPS) is 28.2. The highest BCUT2D eigenvalue weighted by molar-refractivity contribution is 7.84. The van der Waals surface area contributed by atoms with Crippen molar-refractivity contribution in [2.24, 2.45) is 5.41 Å². The predicted molar refractivity (Wildman–Crippen MR) is 98.4 cm³/mol. The van der Waals surface area contributed by atoms with Gasteiger partial charge in [0.15, 0.2) is 0 Å². The molecular weight excluding hydrogens is 343 g/mol. The third-order valence-corrected chi connectivity index (χ3v) is 6.72. The van der Waals surface area contributed by atoms with Gasteiger partial charge in [-0.15, -0.1) is 0 Å². The molecule has 1 unspecified atom stereocenters. The highest BCUT2D eigenvalue weighted by Gasteiger charge is 2.51. The lowest BCUT2D eigenvalue weighted by molar-refractivity contribution is 0.00691. The van der Waals surface area contributed by atoms with Crippen molar-refractivity contribution in [3.63, 3.8) is 0 Å². The van der Waals surface area contributed by atoms with Crippen molar-refractivity contribution in [1.82, 2.24) is 9.62 Å². The third kappa shape index (κ3) is 4.94. The van der Waals surface area contributed by atoms with Gasteiger partial charge in [-0.25, -0.2) is 18.1 Å². The first-order valence-electron chi connectivity index (χ1n) is 9.14. The van der Waals surface area contributed by atoms with Gasteiger partial charge in [0.25, 0.3) is 0 Å². The molecule has 1 spiro atoms. The molecule has 0 aromatic carbocycles. The van der Waals surface area contributed by atoms with E-state index in [4.69, 9.17) is 4.74 Å². The third-order valence-electron chi connectivity index (χ3n) is 5.14. The number of hydrogen-bond donors (Lipinski definition) is 1. The average molecular weight is 377 g/mol. The van der Waals surface area contributed by atoms with E-state index in [1.165, 1.54) is 0 Å². The maximum absolute atomic E-state index is 14.5.